The van der Waals surface area contributed by atoms with Gasteiger partial charge in [-0.05, 0) is 37.5 Å². The van der Waals surface area contributed by atoms with Crippen LogP contribution in [0.5, 0.6) is 0 Å². The third-order valence-corrected chi connectivity index (χ3v) is 3.58. The highest BCUT2D eigenvalue weighted by atomic mass is 16.1. The summed E-state index contributed by atoms with van der Waals surface area (Å²) in [6, 6.07) is 5.84. The molecule has 5 heteroatoms. The number of hydrogen-bond acceptors (Lipinski definition) is 4. The van der Waals surface area contributed by atoms with Crippen LogP contribution in [0.4, 0.5) is 11.6 Å². The average Bonchev–Trinajstić information content (AvgIpc) is 2.53. The van der Waals surface area contributed by atoms with Crippen molar-refractivity contribution >= 4 is 17.5 Å². The quantitative estimate of drug-likeness (QED) is 0.800. The zero-order chi connectivity index (χ0) is 15.9. The maximum absolute atomic E-state index is 12.2. The van der Waals surface area contributed by atoms with Gasteiger partial charge >= 0.3 is 0 Å². The number of carbonyl (C=O) groups is 1. The lowest BCUT2D eigenvalue weighted by molar-refractivity contribution is 0.102. The van der Waals surface area contributed by atoms with Crippen molar-refractivity contribution in [1.82, 2.24) is 9.97 Å². The second-order valence-electron chi connectivity index (χ2n) is 5.28. The van der Waals surface area contributed by atoms with Gasteiger partial charge in [-0.3, -0.25) is 4.79 Å². The highest BCUT2D eigenvalue weighted by Gasteiger charge is 2.09. The molecule has 0 saturated carbocycles. The van der Waals surface area contributed by atoms with Gasteiger partial charge in [-0.1, -0.05) is 25.5 Å². The Labute approximate surface area is 131 Å². The number of unbranched alkanes of at least 4 members (excludes halogenated alkanes) is 1. The van der Waals surface area contributed by atoms with E-state index >= 15 is 0 Å². The van der Waals surface area contributed by atoms with Gasteiger partial charge in [-0.25, -0.2) is 9.97 Å². The van der Waals surface area contributed by atoms with E-state index < -0.39 is 0 Å². The van der Waals surface area contributed by atoms with Gasteiger partial charge in [0.25, 0.3) is 5.91 Å². The first-order chi connectivity index (χ1) is 10.6. The van der Waals surface area contributed by atoms with E-state index in [2.05, 4.69) is 27.5 Å². The van der Waals surface area contributed by atoms with Crippen molar-refractivity contribution < 1.29 is 4.79 Å². The van der Waals surface area contributed by atoms with E-state index in [1.807, 2.05) is 32.0 Å². The van der Waals surface area contributed by atoms with Gasteiger partial charge in [0.05, 0.1) is 5.56 Å². The molecule has 0 aliphatic carbocycles. The molecule has 0 unspecified atom stereocenters. The summed E-state index contributed by atoms with van der Waals surface area (Å²) >= 11 is 0. The van der Waals surface area contributed by atoms with Crippen molar-refractivity contribution in [2.24, 2.45) is 0 Å². The highest BCUT2D eigenvalue weighted by molar-refractivity contribution is 6.04. The van der Waals surface area contributed by atoms with Crippen LogP contribution < -0.4 is 10.6 Å². The molecule has 5 nitrogen and oxygen atoms in total. The molecule has 2 N–H and O–H groups in total. The number of aromatic nitrogens is 2. The fourth-order valence-electron chi connectivity index (χ4n) is 1.99. The summed E-state index contributed by atoms with van der Waals surface area (Å²) in [6.07, 6.45) is 5.27. The van der Waals surface area contributed by atoms with E-state index in [9.17, 15) is 4.79 Å². The maximum Gasteiger partial charge on any atom is 0.258 e. The Morgan fingerprint density at radius 2 is 1.91 bits per heavy atom. The van der Waals surface area contributed by atoms with Gasteiger partial charge in [-0.15, -0.1) is 0 Å². The van der Waals surface area contributed by atoms with Gasteiger partial charge in [0.2, 0.25) is 5.95 Å². The predicted molar refractivity (Wildman–Crippen MR) is 89.3 cm³/mol. The topological polar surface area (TPSA) is 66.9 Å². The van der Waals surface area contributed by atoms with Crippen molar-refractivity contribution in [1.29, 1.82) is 0 Å². The number of nitrogens with one attached hydrogen (secondary N) is 2. The molecule has 0 atom stereocenters. The van der Waals surface area contributed by atoms with E-state index in [0.717, 1.165) is 36.2 Å². The molecule has 1 aromatic carbocycles. The van der Waals surface area contributed by atoms with Gasteiger partial charge in [-0.2, -0.15) is 0 Å². The van der Waals surface area contributed by atoms with E-state index in [1.54, 1.807) is 12.4 Å². The molecule has 116 valence electrons. The minimum Gasteiger partial charge on any atom is -0.354 e. The van der Waals surface area contributed by atoms with E-state index in [0.29, 0.717) is 11.5 Å². The number of aryl methyl sites for hydroxylation is 1. The molecule has 2 aromatic rings. The fraction of sp³-hybridized carbons (Fsp3) is 0.353. The molecule has 1 amide bonds. The summed E-state index contributed by atoms with van der Waals surface area (Å²) in [4.78, 5) is 20.6. The van der Waals surface area contributed by atoms with E-state index in [-0.39, 0.29) is 5.91 Å². The van der Waals surface area contributed by atoms with Gasteiger partial charge in [0.15, 0.2) is 0 Å². The Hall–Kier alpha value is -2.43. The Bertz CT molecular complexity index is 638. The molecule has 0 aliphatic heterocycles. The molecule has 2 rings (SSSR count). The Balaban J connectivity index is 2.02. The minimum atomic E-state index is -0.200. The average molecular weight is 298 g/mol. The van der Waals surface area contributed by atoms with Crippen LogP contribution in [0, 0.1) is 13.8 Å². The maximum atomic E-state index is 12.2. The molecule has 0 bridgehead atoms. The lowest BCUT2D eigenvalue weighted by Gasteiger charge is -2.10. The van der Waals surface area contributed by atoms with Crippen molar-refractivity contribution in [2.45, 2.75) is 33.6 Å². The number of amides is 1. The van der Waals surface area contributed by atoms with Crippen LogP contribution in [0.1, 0.15) is 41.3 Å². The van der Waals surface area contributed by atoms with Crippen LogP contribution in [0.3, 0.4) is 0 Å². The molecular weight excluding hydrogens is 276 g/mol. The number of benzene rings is 1. The SMILES string of the molecule is CCCCNc1ncc(C(=O)Nc2cccc(C)c2C)cn1. The number of anilines is 2. The van der Waals surface area contributed by atoms with Crippen LogP contribution in [0.25, 0.3) is 0 Å². The number of rotatable bonds is 6. The first-order valence-corrected chi connectivity index (χ1v) is 7.55. The first kappa shape index (κ1) is 15.9. The second-order valence-corrected chi connectivity index (χ2v) is 5.28. The monoisotopic (exact) mass is 298 g/mol. The summed E-state index contributed by atoms with van der Waals surface area (Å²) in [5.74, 6) is 0.352. The standard InChI is InChI=1S/C17H22N4O/c1-4-5-9-18-17-19-10-14(11-20-17)16(22)21-15-8-6-7-12(2)13(15)3/h6-8,10-11H,4-5,9H2,1-3H3,(H,21,22)(H,18,19,20). The summed E-state index contributed by atoms with van der Waals surface area (Å²) < 4.78 is 0. The molecule has 0 saturated heterocycles. The minimum absolute atomic E-state index is 0.200. The van der Waals surface area contributed by atoms with Crippen LogP contribution in [0.15, 0.2) is 30.6 Å². The van der Waals surface area contributed by atoms with Gasteiger partial charge in [0.1, 0.15) is 0 Å². The largest absolute Gasteiger partial charge is 0.354 e. The zero-order valence-electron chi connectivity index (χ0n) is 13.3. The lowest BCUT2D eigenvalue weighted by Crippen LogP contribution is -2.14. The Morgan fingerprint density at radius 3 is 2.59 bits per heavy atom. The molecule has 1 aromatic heterocycles. The van der Waals surface area contributed by atoms with Crippen LogP contribution in [-0.4, -0.2) is 22.4 Å². The molecule has 0 fully saturated rings. The zero-order valence-corrected chi connectivity index (χ0v) is 13.3. The summed E-state index contributed by atoms with van der Waals surface area (Å²) in [5.41, 5.74) is 3.47. The van der Waals surface area contributed by atoms with Gasteiger partial charge < -0.3 is 10.6 Å². The number of hydrogen-bond donors (Lipinski definition) is 2. The smallest absolute Gasteiger partial charge is 0.258 e. The van der Waals surface area contributed by atoms with Crippen molar-refractivity contribution in [2.75, 3.05) is 17.2 Å². The van der Waals surface area contributed by atoms with Crippen molar-refractivity contribution in [3.05, 3.63) is 47.3 Å². The van der Waals surface area contributed by atoms with Crippen LogP contribution in [0.2, 0.25) is 0 Å². The van der Waals surface area contributed by atoms with E-state index in [1.165, 1.54) is 0 Å². The summed E-state index contributed by atoms with van der Waals surface area (Å²) in [7, 11) is 0. The number of carbonyl (C=O) groups excluding carboxylic acids is 1. The van der Waals surface area contributed by atoms with Crippen LogP contribution >= 0.6 is 0 Å². The second kappa shape index (κ2) is 7.54. The Morgan fingerprint density at radius 1 is 1.18 bits per heavy atom. The summed E-state index contributed by atoms with van der Waals surface area (Å²) in [6.45, 7) is 6.97. The van der Waals surface area contributed by atoms with E-state index in [4.69, 9.17) is 0 Å². The highest BCUT2D eigenvalue weighted by Crippen LogP contribution is 2.18. The molecule has 1 heterocycles. The normalized spacial score (nSPS) is 10.3. The van der Waals surface area contributed by atoms with Crippen LogP contribution in [-0.2, 0) is 0 Å². The fourth-order valence-corrected chi connectivity index (χ4v) is 1.99. The third kappa shape index (κ3) is 4.04. The third-order valence-electron chi connectivity index (χ3n) is 3.58. The Kier molecular flexibility index (Phi) is 5.47. The lowest BCUT2D eigenvalue weighted by atomic mass is 10.1. The van der Waals surface area contributed by atoms with Gasteiger partial charge in [0, 0.05) is 24.6 Å². The molecule has 0 aliphatic rings. The number of nitrogens with zero attached hydrogens (tertiary/aromatic N) is 2. The van der Waals surface area contributed by atoms with Crippen molar-refractivity contribution in [3.63, 3.8) is 0 Å². The summed E-state index contributed by atoms with van der Waals surface area (Å²) in [5, 5.41) is 6.02. The first-order valence-electron chi connectivity index (χ1n) is 7.55. The van der Waals surface area contributed by atoms with Crippen molar-refractivity contribution in [3.8, 4) is 0 Å². The molecule has 0 radical (unpaired) electrons. The predicted octanol–water partition coefficient (Wildman–Crippen LogP) is 3.56. The molecule has 0 spiro atoms. The molecular formula is C17H22N4O. The molecule has 22 heavy (non-hydrogen) atoms.